The number of aryl methyl sites for hydroxylation is 1. The van der Waals surface area contributed by atoms with E-state index in [2.05, 4.69) is 40.8 Å². The van der Waals surface area contributed by atoms with E-state index in [1.54, 1.807) is 0 Å². The third-order valence-electron chi connectivity index (χ3n) is 3.76. The van der Waals surface area contributed by atoms with Crippen molar-refractivity contribution in [2.24, 2.45) is 5.92 Å². The zero-order chi connectivity index (χ0) is 14.5. The van der Waals surface area contributed by atoms with E-state index in [4.69, 9.17) is 11.6 Å². The van der Waals surface area contributed by atoms with Crippen LogP contribution in [0.3, 0.4) is 0 Å². The highest BCUT2D eigenvalue weighted by Crippen LogP contribution is 2.24. The van der Waals surface area contributed by atoms with Crippen LogP contribution < -0.4 is 4.90 Å². The molecule has 0 N–H and O–H groups in total. The zero-order valence-electron chi connectivity index (χ0n) is 12.8. The largest absolute Gasteiger partial charge is 0.356 e. The van der Waals surface area contributed by atoms with Crippen molar-refractivity contribution in [2.75, 3.05) is 38.6 Å². The Bertz CT molecular complexity index is 428. The number of nitrogens with zero attached hydrogens (tertiary/aromatic N) is 4. The maximum atomic E-state index is 6.12. The van der Waals surface area contributed by atoms with Crippen molar-refractivity contribution in [3.63, 3.8) is 0 Å². The van der Waals surface area contributed by atoms with Gasteiger partial charge in [0.1, 0.15) is 16.8 Å². The minimum atomic E-state index is 0.564. The summed E-state index contributed by atoms with van der Waals surface area (Å²) in [7, 11) is 4.29. The lowest BCUT2D eigenvalue weighted by atomic mass is 9.96. The fraction of sp³-hybridized carbons (Fsp3) is 0.733. The number of hydrogen-bond donors (Lipinski definition) is 0. The number of aromatic nitrogens is 2. The van der Waals surface area contributed by atoms with Gasteiger partial charge in [-0.15, -0.1) is 0 Å². The fourth-order valence-electron chi connectivity index (χ4n) is 2.81. The molecular weight excluding hydrogens is 272 g/mol. The molecule has 2 rings (SSSR count). The normalized spacial score (nSPS) is 16.9. The SMILES string of the molecule is CCCc1nc(Cl)cc(N2CCC(CN(C)C)CC2)n1. The first-order valence-corrected chi connectivity index (χ1v) is 7.89. The summed E-state index contributed by atoms with van der Waals surface area (Å²) in [5, 5.41) is 0.564. The predicted octanol–water partition coefficient (Wildman–Crippen LogP) is 2.86. The van der Waals surface area contributed by atoms with E-state index in [-0.39, 0.29) is 0 Å². The summed E-state index contributed by atoms with van der Waals surface area (Å²) < 4.78 is 0. The minimum absolute atomic E-state index is 0.564. The van der Waals surface area contributed by atoms with Crippen LogP contribution in [0.15, 0.2) is 6.07 Å². The second kappa shape index (κ2) is 7.23. The van der Waals surface area contributed by atoms with Crippen molar-refractivity contribution in [3.8, 4) is 0 Å². The third-order valence-corrected chi connectivity index (χ3v) is 3.96. The van der Waals surface area contributed by atoms with Gasteiger partial charge in [-0.25, -0.2) is 9.97 Å². The zero-order valence-corrected chi connectivity index (χ0v) is 13.5. The molecule has 1 aliphatic rings. The second-order valence-corrected chi connectivity index (χ2v) is 6.30. The maximum Gasteiger partial charge on any atom is 0.134 e. The van der Waals surface area contributed by atoms with Crippen LogP contribution in [-0.4, -0.2) is 48.6 Å². The van der Waals surface area contributed by atoms with Crippen molar-refractivity contribution in [1.29, 1.82) is 0 Å². The van der Waals surface area contributed by atoms with Gasteiger partial charge in [0, 0.05) is 32.1 Å². The Morgan fingerprint density at radius 3 is 2.60 bits per heavy atom. The van der Waals surface area contributed by atoms with E-state index in [9.17, 15) is 0 Å². The molecule has 1 saturated heterocycles. The molecule has 0 radical (unpaired) electrons. The van der Waals surface area contributed by atoms with Crippen molar-refractivity contribution >= 4 is 17.4 Å². The van der Waals surface area contributed by atoms with Gasteiger partial charge in [-0.05, 0) is 39.3 Å². The number of hydrogen-bond acceptors (Lipinski definition) is 4. The third kappa shape index (κ3) is 4.32. The topological polar surface area (TPSA) is 32.3 Å². The van der Waals surface area contributed by atoms with Crippen LogP contribution in [0.2, 0.25) is 5.15 Å². The van der Waals surface area contributed by atoms with Crippen LogP contribution in [0.1, 0.15) is 32.0 Å². The molecule has 20 heavy (non-hydrogen) atoms. The van der Waals surface area contributed by atoms with Crippen molar-refractivity contribution in [1.82, 2.24) is 14.9 Å². The van der Waals surface area contributed by atoms with E-state index in [1.807, 2.05) is 6.07 Å². The fourth-order valence-corrected chi connectivity index (χ4v) is 3.01. The maximum absolute atomic E-state index is 6.12. The highest BCUT2D eigenvalue weighted by atomic mass is 35.5. The molecule has 0 spiro atoms. The van der Waals surface area contributed by atoms with Crippen LogP contribution in [0, 0.1) is 5.92 Å². The molecule has 1 aromatic heterocycles. The molecule has 112 valence electrons. The molecule has 0 atom stereocenters. The molecule has 0 bridgehead atoms. The standard InChI is InChI=1S/C15H25ClN4/c1-4-5-14-17-13(16)10-15(18-14)20-8-6-12(7-9-20)11-19(2)3/h10,12H,4-9,11H2,1-3H3. The molecule has 2 heterocycles. The molecule has 0 amide bonds. The van der Waals surface area contributed by atoms with Gasteiger partial charge in [-0.3, -0.25) is 0 Å². The van der Waals surface area contributed by atoms with Gasteiger partial charge in [-0.1, -0.05) is 18.5 Å². The number of anilines is 1. The van der Waals surface area contributed by atoms with Crippen molar-refractivity contribution in [2.45, 2.75) is 32.6 Å². The molecule has 1 aliphatic heterocycles. The monoisotopic (exact) mass is 296 g/mol. The number of piperidine rings is 1. The van der Waals surface area contributed by atoms with Crippen LogP contribution >= 0.6 is 11.6 Å². The lowest BCUT2D eigenvalue weighted by Crippen LogP contribution is -2.37. The van der Waals surface area contributed by atoms with Crippen LogP contribution in [0.25, 0.3) is 0 Å². The van der Waals surface area contributed by atoms with E-state index >= 15 is 0 Å². The van der Waals surface area contributed by atoms with Gasteiger partial charge >= 0.3 is 0 Å². The summed E-state index contributed by atoms with van der Waals surface area (Å²) in [6.07, 6.45) is 4.39. The summed E-state index contributed by atoms with van der Waals surface area (Å²) in [6, 6.07) is 1.90. The quantitative estimate of drug-likeness (QED) is 0.782. The van der Waals surface area contributed by atoms with Crippen LogP contribution in [-0.2, 0) is 6.42 Å². The van der Waals surface area contributed by atoms with E-state index in [0.717, 1.165) is 43.5 Å². The van der Waals surface area contributed by atoms with Gasteiger partial charge in [0.25, 0.3) is 0 Å². The molecule has 4 nitrogen and oxygen atoms in total. The lowest BCUT2D eigenvalue weighted by molar-refractivity contribution is 0.284. The highest BCUT2D eigenvalue weighted by Gasteiger charge is 2.21. The number of rotatable bonds is 5. The first-order chi connectivity index (χ1) is 9.58. The molecule has 0 saturated carbocycles. The van der Waals surface area contributed by atoms with Crippen LogP contribution in [0.5, 0.6) is 0 Å². The number of halogens is 1. The smallest absolute Gasteiger partial charge is 0.134 e. The van der Waals surface area contributed by atoms with Gasteiger partial charge in [0.2, 0.25) is 0 Å². The summed E-state index contributed by atoms with van der Waals surface area (Å²) in [4.78, 5) is 13.6. The van der Waals surface area contributed by atoms with Crippen LogP contribution in [0.4, 0.5) is 5.82 Å². The Balaban J connectivity index is 1.99. The molecule has 5 heteroatoms. The lowest BCUT2D eigenvalue weighted by Gasteiger charge is -2.34. The average molecular weight is 297 g/mol. The molecule has 1 aromatic rings. The molecule has 0 aliphatic carbocycles. The van der Waals surface area contributed by atoms with E-state index in [1.165, 1.54) is 19.4 Å². The Hall–Kier alpha value is -0.870. The Morgan fingerprint density at radius 2 is 2.00 bits per heavy atom. The first-order valence-electron chi connectivity index (χ1n) is 7.51. The highest BCUT2D eigenvalue weighted by molar-refractivity contribution is 6.29. The molecule has 0 unspecified atom stereocenters. The molecule has 0 aromatic carbocycles. The van der Waals surface area contributed by atoms with E-state index in [0.29, 0.717) is 5.15 Å². The van der Waals surface area contributed by atoms with Gasteiger partial charge < -0.3 is 9.80 Å². The van der Waals surface area contributed by atoms with Gasteiger partial charge in [0.15, 0.2) is 0 Å². The summed E-state index contributed by atoms with van der Waals surface area (Å²) in [5.74, 6) is 2.66. The summed E-state index contributed by atoms with van der Waals surface area (Å²) in [6.45, 7) is 5.45. The second-order valence-electron chi connectivity index (χ2n) is 5.91. The average Bonchev–Trinajstić information content (AvgIpc) is 2.38. The van der Waals surface area contributed by atoms with Gasteiger partial charge in [-0.2, -0.15) is 0 Å². The molecular formula is C15H25ClN4. The summed E-state index contributed by atoms with van der Waals surface area (Å²) >= 11 is 6.12. The van der Waals surface area contributed by atoms with Crippen molar-refractivity contribution < 1.29 is 0 Å². The Morgan fingerprint density at radius 1 is 1.30 bits per heavy atom. The Labute approximate surface area is 127 Å². The minimum Gasteiger partial charge on any atom is -0.356 e. The van der Waals surface area contributed by atoms with Crippen molar-refractivity contribution in [3.05, 3.63) is 17.0 Å². The Kier molecular flexibility index (Phi) is 5.61. The first kappa shape index (κ1) is 15.5. The predicted molar refractivity (Wildman–Crippen MR) is 84.5 cm³/mol. The summed E-state index contributed by atoms with van der Waals surface area (Å²) in [5.41, 5.74) is 0. The van der Waals surface area contributed by atoms with Gasteiger partial charge in [0.05, 0.1) is 0 Å². The molecule has 1 fully saturated rings. The van der Waals surface area contributed by atoms with E-state index < -0.39 is 0 Å².